The number of β-amino-alcohol motifs (C(OH)–C–C–N with tert-alkyl or cyclic N) is 1. The molecule has 1 aromatic heterocycles. The average Bonchev–Trinajstić information content (AvgIpc) is 3.47. The smallest absolute Gasteiger partial charge is 0.226 e. The molecule has 4 atom stereocenters. The first kappa shape index (κ1) is 21.3. The lowest BCUT2D eigenvalue weighted by Gasteiger charge is -2.44. The van der Waals surface area contributed by atoms with Gasteiger partial charge in [-0.2, -0.15) is 0 Å². The molecule has 0 aromatic carbocycles. The number of hydrogen-bond donors (Lipinski definition) is 2. The minimum Gasteiger partial charge on any atom is -0.389 e. The van der Waals surface area contributed by atoms with Crippen LogP contribution in [0.1, 0.15) is 37.8 Å². The maximum Gasteiger partial charge on any atom is 0.226 e. The molecule has 2 amide bonds. The highest BCUT2D eigenvalue weighted by atomic mass is 16.5. The number of hydrogen-bond acceptors (Lipinski definition) is 6. The van der Waals surface area contributed by atoms with E-state index in [0.717, 1.165) is 25.0 Å². The average molecular weight is 421 g/mol. The summed E-state index contributed by atoms with van der Waals surface area (Å²) in [6, 6.07) is -0.100. The van der Waals surface area contributed by atoms with Crippen molar-refractivity contribution >= 4 is 11.8 Å². The van der Waals surface area contributed by atoms with E-state index in [9.17, 15) is 14.7 Å². The number of carbonyl (C=O) groups excluding carboxylic acids is 2. The molecule has 1 saturated carbocycles. The molecule has 2 saturated heterocycles. The van der Waals surface area contributed by atoms with Crippen LogP contribution in [0.3, 0.4) is 0 Å². The lowest BCUT2D eigenvalue weighted by Crippen LogP contribution is -2.58. The molecule has 0 radical (unpaired) electrons. The minimum absolute atomic E-state index is 0.0394. The predicted octanol–water partition coefficient (Wildman–Crippen LogP) is 0.0148. The van der Waals surface area contributed by atoms with Gasteiger partial charge in [0.25, 0.3) is 0 Å². The standard InChI is InChI=1S/C21H32N4O5/c1-24-9-15(23-13-24)6-7-22-20(27)8-17-4-5-18-19(30-17)12-29-11-16(26)10-25(18)21(28)14-2-3-14/h9,13-14,16-19,26H,2-8,10-12H2,1H3,(H,22,27)/t16-,17+,18-,19+/m0/s1. The number of aliphatic hydroxyl groups excluding tert-OH is 1. The van der Waals surface area contributed by atoms with Crippen LogP contribution in [-0.4, -0.2) is 82.0 Å². The Morgan fingerprint density at radius 2 is 2.10 bits per heavy atom. The molecular formula is C21H32N4O5. The summed E-state index contributed by atoms with van der Waals surface area (Å²) in [6.07, 6.45) is 6.88. The van der Waals surface area contributed by atoms with Gasteiger partial charge in [-0.25, -0.2) is 4.98 Å². The fourth-order valence-electron chi connectivity index (χ4n) is 4.36. The molecular weight excluding hydrogens is 388 g/mol. The monoisotopic (exact) mass is 420 g/mol. The molecule has 0 unspecified atom stereocenters. The van der Waals surface area contributed by atoms with Crippen molar-refractivity contribution in [1.82, 2.24) is 19.8 Å². The van der Waals surface area contributed by atoms with Gasteiger partial charge in [0.1, 0.15) is 6.10 Å². The molecule has 3 aliphatic rings. The third-order valence-electron chi connectivity index (χ3n) is 6.07. The summed E-state index contributed by atoms with van der Waals surface area (Å²) >= 11 is 0. The zero-order valence-corrected chi connectivity index (χ0v) is 17.5. The Morgan fingerprint density at radius 1 is 1.27 bits per heavy atom. The predicted molar refractivity (Wildman–Crippen MR) is 107 cm³/mol. The molecule has 166 valence electrons. The number of rotatable bonds is 6. The highest BCUT2D eigenvalue weighted by Gasteiger charge is 2.43. The summed E-state index contributed by atoms with van der Waals surface area (Å²) in [5, 5.41) is 13.1. The number of carbonyl (C=O) groups is 2. The maximum atomic E-state index is 12.8. The normalized spacial score (nSPS) is 29.6. The second kappa shape index (κ2) is 9.45. The number of aliphatic hydroxyl groups is 1. The number of aromatic nitrogens is 2. The van der Waals surface area contributed by atoms with E-state index in [1.54, 1.807) is 6.33 Å². The van der Waals surface area contributed by atoms with E-state index in [4.69, 9.17) is 9.47 Å². The third-order valence-corrected chi connectivity index (χ3v) is 6.07. The molecule has 2 aliphatic heterocycles. The molecule has 1 aliphatic carbocycles. The van der Waals surface area contributed by atoms with Gasteiger partial charge in [0.15, 0.2) is 0 Å². The fourth-order valence-corrected chi connectivity index (χ4v) is 4.36. The van der Waals surface area contributed by atoms with Crippen molar-refractivity contribution < 1.29 is 24.2 Å². The number of nitrogens with zero attached hydrogens (tertiary/aromatic N) is 3. The summed E-state index contributed by atoms with van der Waals surface area (Å²) in [7, 11) is 1.92. The van der Waals surface area contributed by atoms with E-state index >= 15 is 0 Å². The first-order chi connectivity index (χ1) is 14.5. The van der Waals surface area contributed by atoms with Crippen molar-refractivity contribution in [3.8, 4) is 0 Å². The number of fused-ring (bicyclic) bond motifs is 1. The van der Waals surface area contributed by atoms with Crippen LogP contribution in [0.4, 0.5) is 0 Å². The van der Waals surface area contributed by atoms with Gasteiger partial charge in [0.05, 0.1) is 49.9 Å². The van der Waals surface area contributed by atoms with Crippen LogP contribution >= 0.6 is 0 Å². The maximum absolute atomic E-state index is 12.8. The van der Waals surface area contributed by atoms with Crippen LogP contribution in [-0.2, 0) is 32.5 Å². The number of nitrogens with one attached hydrogen (secondary N) is 1. The molecule has 3 fully saturated rings. The van der Waals surface area contributed by atoms with Crippen molar-refractivity contribution in [3.05, 3.63) is 18.2 Å². The van der Waals surface area contributed by atoms with Gasteiger partial charge in [0, 0.05) is 38.7 Å². The molecule has 0 bridgehead atoms. The van der Waals surface area contributed by atoms with E-state index in [1.807, 2.05) is 22.7 Å². The van der Waals surface area contributed by atoms with E-state index in [0.29, 0.717) is 39.0 Å². The Kier molecular flexibility index (Phi) is 6.70. The van der Waals surface area contributed by atoms with E-state index in [-0.39, 0.29) is 42.6 Å². The van der Waals surface area contributed by atoms with Crippen molar-refractivity contribution in [2.45, 2.75) is 62.9 Å². The Hall–Kier alpha value is -1.97. The van der Waals surface area contributed by atoms with E-state index < -0.39 is 6.10 Å². The van der Waals surface area contributed by atoms with Crippen molar-refractivity contribution in [2.24, 2.45) is 13.0 Å². The number of aryl methyl sites for hydroxylation is 1. The van der Waals surface area contributed by atoms with Gasteiger partial charge in [-0.1, -0.05) is 0 Å². The first-order valence-electron chi connectivity index (χ1n) is 10.9. The van der Waals surface area contributed by atoms with Gasteiger partial charge in [0.2, 0.25) is 11.8 Å². The van der Waals surface area contributed by atoms with Crippen LogP contribution in [0, 0.1) is 5.92 Å². The van der Waals surface area contributed by atoms with Gasteiger partial charge < -0.3 is 29.4 Å². The number of ether oxygens (including phenoxy) is 2. The first-order valence-corrected chi connectivity index (χ1v) is 10.9. The summed E-state index contributed by atoms with van der Waals surface area (Å²) < 4.78 is 13.7. The summed E-state index contributed by atoms with van der Waals surface area (Å²) in [5.41, 5.74) is 0.948. The van der Waals surface area contributed by atoms with Gasteiger partial charge in [-0.15, -0.1) is 0 Å². The van der Waals surface area contributed by atoms with Crippen molar-refractivity contribution in [1.29, 1.82) is 0 Å². The largest absolute Gasteiger partial charge is 0.389 e. The molecule has 1 aromatic rings. The van der Waals surface area contributed by atoms with Crippen LogP contribution in [0.5, 0.6) is 0 Å². The summed E-state index contributed by atoms with van der Waals surface area (Å²) in [4.78, 5) is 31.2. The van der Waals surface area contributed by atoms with Crippen LogP contribution < -0.4 is 5.32 Å². The lowest BCUT2D eigenvalue weighted by molar-refractivity contribution is -0.170. The highest BCUT2D eigenvalue weighted by molar-refractivity contribution is 5.81. The molecule has 9 heteroatoms. The Labute approximate surface area is 176 Å². The zero-order valence-electron chi connectivity index (χ0n) is 17.5. The fraction of sp³-hybridized carbons (Fsp3) is 0.762. The zero-order chi connectivity index (χ0) is 21.1. The Morgan fingerprint density at radius 3 is 2.83 bits per heavy atom. The van der Waals surface area contributed by atoms with Gasteiger partial charge in [-0.05, 0) is 25.7 Å². The topological polar surface area (TPSA) is 106 Å². The van der Waals surface area contributed by atoms with Crippen molar-refractivity contribution in [2.75, 3.05) is 26.3 Å². The van der Waals surface area contributed by atoms with Crippen LogP contribution in [0.25, 0.3) is 0 Å². The number of amides is 2. The Balaban J connectivity index is 1.28. The second-order valence-corrected chi connectivity index (χ2v) is 8.73. The van der Waals surface area contributed by atoms with Crippen LogP contribution in [0.2, 0.25) is 0 Å². The molecule has 3 heterocycles. The molecule has 9 nitrogen and oxygen atoms in total. The van der Waals surface area contributed by atoms with Crippen LogP contribution in [0.15, 0.2) is 12.5 Å². The molecule has 2 N–H and O–H groups in total. The number of imidazole rings is 1. The van der Waals surface area contributed by atoms with Crippen molar-refractivity contribution in [3.63, 3.8) is 0 Å². The summed E-state index contributed by atoms with van der Waals surface area (Å²) in [5.74, 6) is 0.184. The molecule has 0 spiro atoms. The highest BCUT2D eigenvalue weighted by Crippen LogP contribution is 2.35. The SMILES string of the molecule is Cn1cnc(CCNC(=O)C[C@H]2CC[C@H]3[C@@H](COC[C@@H](O)CN3C(=O)C3CC3)O2)c1. The third kappa shape index (κ3) is 5.39. The van der Waals surface area contributed by atoms with Gasteiger partial charge in [-0.3, -0.25) is 9.59 Å². The van der Waals surface area contributed by atoms with Gasteiger partial charge >= 0.3 is 0 Å². The second-order valence-electron chi connectivity index (χ2n) is 8.73. The van der Waals surface area contributed by atoms with E-state index in [2.05, 4.69) is 10.3 Å². The lowest BCUT2D eigenvalue weighted by atomic mass is 9.94. The quantitative estimate of drug-likeness (QED) is 0.672. The molecule has 4 rings (SSSR count). The molecule has 30 heavy (non-hydrogen) atoms. The minimum atomic E-state index is -0.670. The van der Waals surface area contributed by atoms with E-state index in [1.165, 1.54) is 0 Å². The summed E-state index contributed by atoms with van der Waals surface area (Å²) in [6.45, 7) is 1.35. The Bertz CT molecular complexity index is 750.